The number of aryl methyl sites for hydroxylation is 1. The van der Waals surface area contributed by atoms with Gasteiger partial charge >= 0.3 is 0 Å². The summed E-state index contributed by atoms with van der Waals surface area (Å²) in [6.07, 6.45) is 0. The number of carbonyl (C=O) groups is 1. The van der Waals surface area contributed by atoms with Crippen molar-refractivity contribution in [2.75, 3.05) is 12.4 Å². The van der Waals surface area contributed by atoms with Gasteiger partial charge < -0.3 is 10.1 Å². The van der Waals surface area contributed by atoms with Crippen molar-refractivity contribution in [3.05, 3.63) is 94.4 Å². The zero-order valence-corrected chi connectivity index (χ0v) is 20.3. The monoisotopic (exact) mass is 486 g/mol. The number of fused-ring (bicyclic) bond motifs is 1. The molecule has 1 N–H and O–H groups in total. The summed E-state index contributed by atoms with van der Waals surface area (Å²) >= 11 is 1.58. The van der Waals surface area contributed by atoms with Crippen molar-refractivity contribution in [2.45, 2.75) is 20.4 Å². The summed E-state index contributed by atoms with van der Waals surface area (Å²) < 4.78 is 20.9. The van der Waals surface area contributed by atoms with Crippen LogP contribution in [0.4, 0.5) is 10.1 Å². The van der Waals surface area contributed by atoms with Gasteiger partial charge in [-0.25, -0.2) is 9.37 Å². The molecule has 0 aliphatic rings. The summed E-state index contributed by atoms with van der Waals surface area (Å²) in [4.78, 5) is 19.2. The number of anilines is 1. The van der Waals surface area contributed by atoms with Crippen molar-refractivity contribution in [1.82, 2.24) is 14.8 Å². The van der Waals surface area contributed by atoms with E-state index < -0.39 is 5.82 Å². The second kappa shape index (κ2) is 9.31. The third-order valence-corrected chi connectivity index (χ3v) is 6.80. The quantitative estimate of drug-likeness (QED) is 0.309. The maximum atomic E-state index is 14.1. The van der Waals surface area contributed by atoms with Crippen molar-refractivity contribution >= 4 is 33.8 Å². The van der Waals surface area contributed by atoms with Gasteiger partial charge in [0.05, 0.1) is 52.4 Å². The molecule has 6 nitrogen and oxygen atoms in total. The summed E-state index contributed by atoms with van der Waals surface area (Å²) in [7, 11) is 1.43. The van der Waals surface area contributed by atoms with Gasteiger partial charge in [-0.05, 0) is 55.1 Å². The lowest BCUT2D eigenvalue weighted by molar-refractivity contribution is 0.102. The number of methoxy groups -OCH3 is 1. The molecular formula is C27H23FN4O2S. The first-order valence-electron chi connectivity index (χ1n) is 11.1. The molecule has 2 aromatic carbocycles. The van der Waals surface area contributed by atoms with E-state index in [1.807, 2.05) is 61.7 Å². The minimum Gasteiger partial charge on any atom is -0.494 e. The Morgan fingerprint density at radius 2 is 1.94 bits per heavy atom. The molecule has 3 heterocycles. The fourth-order valence-electron chi connectivity index (χ4n) is 4.11. The number of nitrogens with zero attached hydrogens (tertiary/aromatic N) is 3. The van der Waals surface area contributed by atoms with Crippen LogP contribution in [0.2, 0.25) is 0 Å². The topological polar surface area (TPSA) is 69.0 Å². The Bertz CT molecular complexity index is 1540. The van der Waals surface area contributed by atoms with E-state index in [1.165, 1.54) is 13.2 Å². The molecule has 0 atom stereocenters. The summed E-state index contributed by atoms with van der Waals surface area (Å²) in [6, 6.07) is 18.2. The number of nitrogens with one attached hydrogen (secondary N) is 1. The van der Waals surface area contributed by atoms with E-state index in [4.69, 9.17) is 9.72 Å². The van der Waals surface area contributed by atoms with E-state index in [0.29, 0.717) is 23.5 Å². The van der Waals surface area contributed by atoms with Crippen LogP contribution in [-0.4, -0.2) is 27.8 Å². The van der Waals surface area contributed by atoms with Crippen LogP contribution in [0.3, 0.4) is 0 Å². The summed E-state index contributed by atoms with van der Waals surface area (Å²) in [5.74, 6) is -0.463. The lowest BCUT2D eigenvalue weighted by Gasteiger charge is -2.11. The Kier molecular flexibility index (Phi) is 6.05. The predicted octanol–water partition coefficient (Wildman–Crippen LogP) is 6.22. The van der Waals surface area contributed by atoms with E-state index >= 15 is 0 Å². The van der Waals surface area contributed by atoms with Crippen LogP contribution < -0.4 is 10.1 Å². The zero-order chi connectivity index (χ0) is 24.5. The number of ether oxygens (including phenoxy) is 1. The Balaban J connectivity index is 1.47. The molecule has 0 saturated heterocycles. The molecule has 8 heteroatoms. The van der Waals surface area contributed by atoms with Crippen LogP contribution >= 0.6 is 11.3 Å². The maximum Gasteiger partial charge on any atom is 0.256 e. The third kappa shape index (κ3) is 4.40. The molecule has 5 rings (SSSR count). The molecule has 176 valence electrons. The number of pyridine rings is 1. The molecule has 0 fully saturated rings. The van der Waals surface area contributed by atoms with Crippen molar-refractivity contribution < 1.29 is 13.9 Å². The molecule has 0 radical (unpaired) electrons. The number of aromatic nitrogens is 3. The molecule has 0 saturated carbocycles. The standard InChI is InChI=1S/C27H23FN4O2S/c1-16-26(17(2)32(31-16)15-18-10-11-24(34-3)21(28)13-18)30-27(33)20-14-23(25-9-6-12-35-25)29-22-8-5-4-7-19(20)22/h4-14H,15H2,1-3H3,(H,30,33). The number of benzene rings is 2. The second-order valence-corrected chi connectivity index (χ2v) is 9.12. The molecule has 0 aliphatic heterocycles. The van der Waals surface area contributed by atoms with Crippen LogP contribution in [0.25, 0.3) is 21.5 Å². The summed E-state index contributed by atoms with van der Waals surface area (Å²) in [5, 5.41) is 10.4. The highest BCUT2D eigenvalue weighted by Gasteiger charge is 2.19. The number of hydrogen-bond acceptors (Lipinski definition) is 5. The average molecular weight is 487 g/mol. The van der Waals surface area contributed by atoms with Gasteiger partial charge in [0.25, 0.3) is 5.91 Å². The third-order valence-electron chi connectivity index (χ3n) is 5.90. The van der Waals surface area contributed by atoms with Gasteiger partial charge in [0.1, 0.15) is 0 Å². The van der Waals surface area contributed by atoms with E-state index in [1.54, 1.807) is 28.2 Å². The highest BCUT2D eigenvalue weighted by atomic mass is 32.1. The van der Waals surface area contributed by atoms with Gasteiger partial charge in [0.2, 0.25) is 0 Å². The van der Waals surface area contributed by atoms with Crippen molar-refractivity contribution in [1.29, 1.82) is 0 Å². The van der Waals surface area contributed by atoms with Gasteiger partial charge in [-0.3, -0.25) is 9.48 Å². The van der Waals surface area contributed by atoms with Crippen molar-refractivity contribution in [2.24, 2.45) is 0 Å². The molecule has 35 heavy (non-hydrogen) atoms. The fourth-order valence-corrected chi connectivity index (χ4v) is 4.79. The molecule has 3 aromatic heterocycles. The normalized spacial score (nSPS) is 11.1. The number of halogens is 1. The van der Waals surface area contributed by atoms with Gasteiger partial charge in [0.15, 0.2) is 11.6 Å². The highest BCUT2D eigenvalue weighted by molar-refractivity contribution is 7.13. The van der Waals surface area contributed by atoms with E-state index in [9.17, 15) is 9.18 Å². The molecule has 0 spiro atoms. The first kappa shape index (κ1) is 22.7. The van der Waals surface area contributed by atoms with Crippen LogP contribution in [0.15, 0.2) is 66.0 Å². The van der Waals surface area contributed by atoms with Crippen LogP contribution in [-0.2, 0) is 6.54 Å². The second-order valence-electron chi connectivity index (χ2n) is 8.18. The first-order valence-corrected chi connectivity index (χ1v) is 11.9. The number of rotatable bonds is 6. The Morgan fingerprint density at radius 3 is 2.69 bits per heavy atom. The van der Waals surface area contributed by atoms with Crippen LogP contribution in [0, 0.1) is 19.7 Å². The van der Waals surface area contributed by atoms with E-state index in [-0.39, 0.29) is 11.7 Å². The summed E-state index contributed by atoms with van der Waals surface area (Å²) in [6.45, 7) is 4.09. The maximum absolute atomic E-state index is 14.1. The largest absolute Gasteiger partial charge is 0.494 e. The molecule has 0 aliphatic carbocycles. The van der Waals surface area contributed by atoms with E-state index in [2.05, 4.69) is 10.4 Å². The smallest absolute Gasteiger partial charge is 0.256 e. The number of amides is 1. The average Bonchev–Trinajstić information content (AvgIpc) is 3.48. The predicted molar refractivity (Wildman–Crippen MR) is 137 cm³/mol. The van der Waals surface area contributed by atoms with Gasteiger partial charge in [-0.1, -0.05) is 30.3 Å². The fraction of sp³-hybridized carbons (Fsp3) is 0.148. The SMILES string of the molecule is COc1ccc(Cn2nc(C)c(NC(=O)c3cc(-c4cccs4)nc4ccccc34)c2C)cc1F. The van der Waals surface area contributed by atoms with Gasteiger partial charge in [-0.15, -0.1) is 11.3 Å². The minimum absolute atomic E-state index is 0.196. The molecule has 1 amide bonds. The molecule has 0 bridgehead atoms. The Hall–Kier alpha value is -4.04. The first-order chi connectivity index (χ1) is 16.9. The minimum atomic E-state index is -0.425. The number of hydrogen-bond donors (Lipinski definition) is 1. The lowest BCUT2D eigenvalue weighted by Crippen LogP contribution is -2.14. The molecular weight excluding hydrogens is 463 g/mol. The van der Waals surface area contributed by atoms with Crippen molar-refractivity contribution in [3.63, 3.8) is 0 Å². The zero-order valence-electron chi connectivity index (χ0n) is 19.5. The lowest BCUT2D eigenvalue weighted by atomic mass is 10.1. The van der Waals surface area contributed by atoms with Gasteiger partial charge in [-0.2, -0.15) is 5.10 Å². The Labute approximate surface area is 206 Å². The van der Waals surface area contributed by atoms with Crippen LogP contribution in [0.5, 0.6) is 5.75 Å². The number of carbonyl (C=O) groups excluding carboxylic acids is 1. The Morgan fingerprint density at radius 1 is 1.11 bits per heavy atom. The highest BCUT2D eigenvalue weighted by Crippen LogP contribution is 2.29. The van der Waals surface area contributed by atoms with Crippen LogP contribution in [0.1, 0.15) is 27.3 Å². The van der Waals surface area contributed by atoms with Gasteiger partial charge in [0, 0.05) is 5.39 Å². The van der Waals surface area contributed by atoms with E-state index in [0.717, 1.165) is 32.7 Å². The van der Waals surface area contributed by atoms with Crippen molar-refractivity contribution in [3.8, 4) is 16.3 Å². The number of thiophene rings is 1. The molecule has 0 unspecified atom stereocenters. The molecule has 5 aromatic rings. The summed E-state index contributed by atoms with van der Waals surface area (Å²) in [5.41, 5.74) is 4.91. The number of para-hydroxylation sites is 1.